The standard InChI is InChI=1S/C13H12N2O.ClH/c1-8-13-11(5-6-14-8)10-4-3-9(16-2)7-12(10)15-13;/h3-7,15H,1-2H3;1H/p-1. The Balaban J connectivity index is 0.00000108. The number of nitrogens with zero attached hydrogens (tertiary/aromatic N) is 1. The summed E-state index contributed by atoms with van der Waals surface area (Å²) in [5.41, 5.74) is 3.21. The normalized spacial score (nSPS) is 10.5. The summed E-state index contributed by atoms with van der Waals surface area (Å²) < 4.78 is 5.21. The second-order valence-electron chi connectivity index (χ2n) is 3.86. The minimum absolute atomic E-state index is 0. The van der Waals surface area contributed by atoms with Crippen LogP contribution in [0.15, 0.2) is 30.5 Å². The molecule has 3 rings (SSSR count). The number of H-pyrrole nitrogens is 1. The Hall–Kier alpha value is -1.74. The first-order valence-corrected chi connectivity index (χ1v) is 5.20. The van der Waals surface area contributed by atoms with Gasteiger partial charge in [0.05, 0.1) is 23.8 Å². The number of pyridine rings is 1. The predicted octanol–water partition coefficient (Wildman–Crippen LogP) is 0.0371. The molecule has 0 amide bonds. The third-order valence-corrected chi connectivity index (χ3v) is 2.92. The van der Waals surface area contributed by atoms with Gasteiger partial charge in [-0.05, 0) is 25.1 Å². The topological polar surface area (TPSA) is 37.9 Å². The molecule has 17 heavy (non-hydrogen) atoms. The fourth-order valence-corrected chi connectivity index (χ4v) is 2.07. The number of aromatic amines is 1. The van der Waals surface area contributed by atoms with Gasteiger partial charge < -0.3 is 22.1 Å². The minimum atomic E-state index is 0. The molecule has 3 aromatic rings. The van der Waals surface area contributed by atoms with Crippen LogP contribution in [-0.2, 0) is 0 Å². The summed E-state index contributed by atoms with van der Waals surface area (Å²) in [7, 11) is 1.68. The van der Waals surface area contributed by atoms with Crippen molar-refractivity contribution in [2.75, 3.05) is 7.11 Å². The molecule has 0 bridgehead atoms. The smallest absolute Gasteiger partial charge is 0.120 e. The Morgan fingerprint density at radius 3 is 2.76 bits per heavy atom. The number of rotatable bonds is 1. The van der Waals surface area contributed by atoms with Crippen LogP contribution in [0.3, 0.4) is 0 Å². The number of aromatic nitrogens is 2. The van der Waals surface area contributed by atoms with Crippen molar-refractivity contribution in [3.8, 4) is 5.75 Å². The molecule has 2 heterocycles. The number of ether oxygens (including phenoxy) is 1. The second kappa shape index (κ2) is 4.26. The first-order valence-electron chi connectivity index (χ1n) is 5.20. The van der Waals surface area contributed by atoms with E-state index < -0.39 is 0 Å². The van der Waals surface area contributed by atoms with Crippen LogP contribution in [0.25, 0.3) is 21.8 Å². The molecule has 0 aliphatic carbocycles. The van der Waals surface area contributed by atoms with Gasteiger partial charge in [0.1, 0.15) is 5.75 Å². The lowest BCUT2D eigenvalue weighted by Gasteiger charge is -1.98. The van der Waals surface area contributed by atoms with E-state index in [1.165, 1.54) is 10.8 Å². The lowest BCUT2D eigenvalue weighted by Crippen LogP contribution is -3.00. The van der Waals surface area contributed by atoms with Crippen molar-refractivity contribution >= 4 is 21.8 Å². The summed E-state index contributed by atoms with van der Waals surface area (Å²) in [4.78, 5) is 7.66. The van der Waals surface area contributed by atoms with Crippen LogP contribution >= 0.6 is 0 Å². The maximum Gasteiger partial charge on any atom is 0.120 e. The molecular formula is C13H12ClN2O-. The molecule has 0 aliphatic heterocycles. The van der Waals surface area contributed by atoms with Gasteiger partial charge in [-0.15, -0.1) is 0 Å². The quantitative estimate of drug-likeness (QED) is 0.659. The van der Waals surface area contributed by atoms with Gasteiger partial charge in [0.15, 0.2) is 0 Å². The molecule has 0 radical (unpaired) electrons. The molecule has 1 N–H and O–H groups in total. The molecule has 88 valence electrons. The molecule has 0 aliphatic rings. The van der Waals surface area contributed by atoms with Crippen molar-refractivity contribution in [3.63, 3.8) is 0 Å². The summed E-state index contributed by atoms with van der Waals surface area (Å²) in [6.07, 6.45) is 1.84. The molecule has 0 unspecified atom stereocenters. The van der Waals surface area contributed by atoms with Gasteiger partial charge >= 0.3 is 0 Å². The maximum absolute atomic E-state index is 5.21. The van der Waals surface area contributed by atoms with E-state index >= 15 is 0 Å². The molecule has 0 spiro atoms. The van der Waals surface area contributed by atoms with Crippen LogP contribution in [0.5, 0.6) is 5.75 Å². The van der Waals surface area contributed by atoms with E-state index in [-0.39, 0.29) is 12.4 Å². The van der Waals surface area contributed by atoms with Gasteiger partial charge in [-0.2, -0.15) is 0 Å². The van der Waals surface area contributed by atoms with Crippen LogP contribution in [0.2, 0.25) is 0 Å². The van der Waals surface area contributed by atoms with Gasteiger partial charge in [-0.25, -0.2) is 0 Å². The maximum atomic E-state index is 5.21. The summed E-state index contributed by atoms with van der Waals surface area (Å²) in [6, 6.07) is 8.10. The molecule has 0 saturated heterocycles. The zero-order chi connectivity index (χ0) is 11.1. The average molecular weight is 248 g/mol. The third-order valence-electron chi connectivity index (χ3n) is 2.92. The van der Waals surface area contributed by atoms with E-state index in [4.69, 9.17) is 4.74 Å². The van der Waals surface area contributed by atoms with Gasteiger partial charge in [-0.1, -0.05) is 0 Å². The summed E-state index contributed by atoms with van der Waals surface area (Å²) in [6.45, 7) is 2.01. The number of fused-ring (bicyclic) bond motifs is 3. The van der Waals surface area contributed by atoms with Crippen LogP contribution in [0.1, 0.15) is 5.69 Å². The highest BCUT2D eigenvalue weighted by molar-refractivity contribution is 6.08. The lowest BCUT2D eigenvalue weighted by atomic mass is 10.1. The molecule has 2 aromatic heterocycles. The number of benzene rings is 1. The van der Waals surface area contributed by atoms with Gasteiger partial charge in [0, 0.05) is 23.0 Å². The molecule has 0 atom stereocenters. The highest BCUT2D eigenvalue weighted by atomic mass is 35.5. The number of nitrogens with one attached hydrogen (secondary N) is 1. The average Bonchev–Trinajstić information content (AvgIpc) is 2.68. The molecule has 3 nitrogen and oxygen atoms in total. The SMILES string of the molecule is COc1ccc2c(c1)[nH]c1c(C)nccc12.[Cl-]. The van der Waals surface area contributed by atoms with Crippen molar-refractivity contribution in [2.24, 2.45) is 0 Å². The monoisotopic (exact) mass is 247 g/mol. The highest BCUT2D eigenvalue weighted by Gasteiger charge is 2.06. The lowest BCUT2D eigenvalue weighted by molar-refractivity contribution is -0.00000366. The molecular weight excluding hydrogens is 236 g/mol. The number of aryl methyl sites for hydroxylation is 1. The van der Waals surface area contributed by atoms with Crippen molar-refractivity contribution in [3.05, 3.63) is 36.2 Å². The second-order valence-corrected chi connectivity index (χ2v) is 3.86. The van der Waals surface area contributed by atoms with Gasteiger partial charge in [0.25, 0.3) is 0 Å². The molecule has 0 fully saturated rings. The summed E-state index contributed by atoms with van der Waals surface area (Å²) >= 11 is 0. The molecule has 4 heteroatoms. The molecule has 0 saturated carbocycles. The first kappa shape index (κ1) is 11.7. The van der Waals surface area contributed by atoms with Crippen molar-refractivity contribution in [2.45, 2.75) is 6.92 Å². The fraction of sp³-hybridized carbons (Fsp3) is 0.154. The number of methoxy groups -OCH3 is 1. The van der Waals surface area contributed by atoms with Crippen molar-refractivity contribution in [1.29, 1.82) is 0 Å². The number of hydrogen-bond acceptors (Lipinski definition) is 2. The Kier molecular flexibility index (Phi) is 2.94. The highest BCUT2D eigenvalue weighted by Crippen LogP contribution is 2.28. The van der Waals surface area contributed by atoms with E-state index in [9.17, 15) is 0 Å². The fourth-order valence-electron chi connectivity index (χ4n) is 2.07. The summed E-state index contributed by atoms with van der Waals surface area (Å²) in [5, 5.41) is 2.42. The van der Waals surface area contributed by atoms with Crippen LogP contribution < -0.4 is 17.1 Å². The van der Waals surface area contributed by atoms with E-state index in [0.29, 0.717) is 0 Å². The zero-order valence-electron chi connectivity index (χ0n) is 9.62. The van der Waals surface area contributed by atoms with Crippen LogP contribution in [0, 0.1) is 6.92 Å². The van der Waals surface area contributed by atoms with E-state index in [1.807, 2.05) is 31.3 Å². The Morgan fingerprint density at radius 1 is 1.18 bits per heavy atom. The van der Waals surface area contributed by atoms with E-state index in [1.54, 1.807) is 7.11 Å². The minimum Gasteiger partial charge on any atom is -1.00 e. The largest absolute Gasteiger partial charge is 1.00 e. The number of halogens is 1. The Bertz CT molecular complexity index is 676. The van der Waals surface area contributed by atoms with Crippen molar-refractivity contribution < 1.29 is 17.1 Å². The van der Waals surface area contributed by atoms with Crippen LogP contribution in [-0.4, -0.2) is 17.1 Å². The van der Waals surface area contributed by atoms with Crippen LogP contribution in [0.4, 0.5) is 0 Å². The number of hydrogen-bond donors (Lipinski definition) is 1. The first-order chi connectivity index (χ1) is 7.79. The van der Waals surface area contributed by atoms with E-state index in [2.05, 4.69) is 16.0 Å². The van der Waals surface area contributed by atoms with Gasteiger partial charge in [0.2, 0.25) is 0 Å². The van der Waals surface area contributed by atoms with Crippen molar-refractivity contribution in [1.82, 2.24) is 9.97 Å². The molecule has 1 aromatic carbocycles. The third kappa shape index (κ3) is 1.72. The van der Waals surface area contributed by atoms with Gasteiger partial charge in [-0.3, -0.25) is 4.98 Å². The predicted molar refractivity (Wildman–Crippen MR) is 64.9 cm³/mol. The zero-order valence-corrected chi connectivity index (χ0v) is 10.4. The summed E-state index contributed by atoms with van der Waals surface area (Å²) in [5.74, 6) is 0.865. The Morgan fingerprint density at radius 2 is 2.00 bits per heavy atom. The van der Waals surface area contributed by atoms with E-state index in [0.717, 1.165) is 22.5 Å². The Labute approximate surface area is 105 Å².